The van der Waals surface area contributed by atoms with Crippen LogP contribution in [0.25, 0.3) is 0 Å². The monoisotopic (exact) mass is 157 g/mol. The maximum absolute atomic E-state index is 5.42. The lowest BCUT2D eigenvalue weighted by atomic mass is 10.4. The number of ether oxygens (including phenoxy) is 2. The average Bonchev–Trinajstić information content (AvgIpc) is 2.37. The molecule has 0 aromatic heterocycles. The lowest BCUT2D eigenvalue weighted by Crippen LogP contribution is -2.15. The molecule has 0 atom stereocenters. The van der Waals surface area contributed by atoms with Gasteiger partial charge in [-0.05, 0) is 6.42 Å². The second kappa shape index (κ2) is 4.11. The van der Waals surface area contributed by atoms with Gasteiger partial charge in [-0.15, -0.1) is 0 Å². The SMILES string of the molecule is CCCCOC1=COCN1C. The molecule has 0 saturated carbocycles. The molecule has 1 aliphatic rings. The molecule has 0 unspecified atom stereocenters. The topological polar surface area (TPSA) is 21.7 Å². The Bertz CT molecular complexity index is 145. The highest BCUT2D eigenvalue weighted by molar-refractivity contribution is 4.89. The molecule has 1 aliphatic heterocycles. The van der Waals surface area contributed by atoms with Crippen molar-refractivity contribution < 1.29 is 9.47 Å². The van der Waals surface area contributed by atoms with Gasteiger partial charge in [0.05, 0.1) is 6.61 Å². The van der Waals surface area contributed by atoms with Crippen molar-refractivity contribution in [1.29, 1.82) is 0 Å². The summed E-state index contributed by atoms with van der Waals surface area (Å²) >= 11 is 0. The second-order valence-corrected chi connectivity index (χ2v) is 2.65. The first kappa shape index (κ1) is 8.24. The van der Waals surface area contributed by atoms with E-state index in [1.54, 1.807) is 6.26 Å². The molecular weight excluding hydrogens is 142 g/mol. The van der Waals surface area contributed by atoms with Crippen molar-refractivity contribution in [2.24, 2.45) is 0 Å². The summed E-state index contributed by atoms with van der Waals surface area (Å²) in [6, 6.07) is 0. The third kappa shape index (κ3) is 2.33. The molecule has 0 amide bonds. The summed E-state index contributed by atoms with van der Waals surface area (Å²) in [5.41, 5.74) is 0. The standard InChI is InChI=1S/C8H15NO2/c1-3-4-5-11-8-6-10-7-9(8)2/h6H,3-5,7H2,1-2H3. The van der Waals surface area contributed by atoms with E-state index in [0.29, 0.717) is 6.73 Å². The van der Waals surface area contributed by atoms with Crippen molar-refractivity contribution in [1.82, 2.24) is 4.90 Å². The molecule has 3 nitrogen and oxygen atoms in total. The van der Waals surface area contributed by atoms with Gasteiger partial charge in [-0.25, -0.2) is 0 Å². The number of hydrogen-bond donors (Lipinski definition) is 0. The van der Waals surface area contributed by atoms with Crippen LogP contribution in [0, 0.1) is 0 Å². The Balaban J connectivity index is 2.15. The number of hydrogen-bond acceptors (Lipinski definition) is 3. The fourth-order valence-corrected chi connectivity index (χ4v) is 0.839. The Morgan fingerprint density at radius 1 is 1.73 bits per heavy atom. The molecule has 0 aromatic rings. The van der Waals surface area contributed by atoms with Crippen LogP contribution in [0.3, 0.4) is 0 Å². The molecule has 11 heavy (non-hydrogen) atoms. The van der Waals surface area contributed by atoms with Crippen LogP contribution in [-0.4, -0.2) is 25.3 Å². The number of unbranched alkanes of at least 4 members (excludes halogenated alkanes) is 1. The molecule has 0 N–H and O–H groups in total. The van der Waals surface area contributed by atoms with Gasteiger partial charge in [-0.2, -0.15) is 0 Å². The van der Waals surface area contributed by atoms with Gasteiger partial charge in [0, 0.05) is 7.05 Å². The minimum absolute atomic E-state index is 0.613. The van der Waals surface area contributed by atoms with Gasteiger partial charge in [-0.3, -0.25) is 0 Å². The van der Waals surface area contributed by atoms with Crippen LogP contribution in [0.15, 0.2) is 12.1 Å². The van der Waals surface area contributed by atoms with E-state index in [1.165, 1.54) is 0 Å². The molecule has 64 valence electrons. The van der Waals surface area contributed by atoms with E-state index in [9.17, 15) is 0 Å². The zero-order chi connectivity index (χ0) is 8.10. The first-order chi connectivity index (χ1) is 5.34. The smallest absolute Gasteiger partial charge is 0.227 e. The van der Waals surface area contributed by atoms with Gasteiger partial charge in [0.25, 0.3) is 0 Å². The third-order valence-electron chi connectivity index (χ3n) is 1.58. The molecule has 0 bridgehead atoms. The van der Waals surface area contributed by atoms with E-state index < -0.39 is 0 Å². The zero-order valence-corrected chi connectivity index (χ0v) is 7.17. The fraction of sp³-hybridized carbons (Fsp3) is 0.750. The van der Waals surface area contributed by atoms with Crippen LogP contribution in [-0.2, 0) is 9.47 Å². The van der Waals surface area contributed by atoms with Crippen LogP contribution in [0.2, 0.25) is 0 Å². The molecule has 0 aromatic carbocycles. The molecule has 1 rings (SSSR count). The highest BCUT2D eigenvalue weighted by Crippen LogP contribution is 2.11. The van der Waals surface area contributed by atoms with Gasteiger partial charge >= 0.3 is 0 Å². The summed E-state index contributed by atoms with van der Waals surface area (Å²) in [4.78, 5) is 1.94. The molecule has 0 fully saturated rings. The van der Waals surface area contributed by atoms with Crippen molar-refractivity contribution in [3.63, 3.8) is 0 Å². The highest BCUT2D eigenvalue weighted by atomic mass is 16.6. The molecule has 0 spiro atoms. The van der Waals surface area contributed by atoms with E-state index in [-0.39, 0.29) is 0 Å². The Kier molecular flexibility index (Phi) is 3.08. The van der Waals surface area contributed by atoms with E-state index >= 15 is 0 Å². The maximum atomic E-state index is 5.42. The van der Waals surface area contributed by atoms with E-state index in [0.717, 1.165) is 25.3 Å². The predicted octanol–water partition coefficient (Wildman–Crippen LogP) is 1.52. The Hall–Kier alpha value is -0.860. The summed E-state index contributed by atoms with van der Waals surface area (Å²) in [7, 11) is 1.95. The molecule has 0 aliphatic carbocycles. The minimum Gasteiger partial charge on any atom is -0.477 e. The minimum atomic E-state index is 0.613. The summed E-state index contributed by atoms with van der Waals surface area (Å²) in [6.07, 6.45) is 3.93. The van der Waals surface area contributed by atoms with Crippen LogP contribution in [0.4, 0.5) is 0 Å². The maximum Gasteiger partial charge on any atom is 0.227 e. The molecular formula is C8H15NO2. The van der Waals surface area contributed by atoms with Crippen molar-refractivity contribution in [3.05, 3.63) is 12.1 Å². The normalized spacial score (nSPS) is 16.2. The summed E-state index contributed by atoms with van der Waals surface area (Å²) in [5.74, 6) is 0.846. The van der Waals surface area contributed by atoms with Crippen LogP contribution < -0.4 is 0 Å². The van der Waals surface area contributed by atoms with E-state index in [4.69, 9.17) is 9.47 Å². The molecule has 3 heteroatoms. The quantitative estimate of drug-likeness (QED) is 0.577. The summed E-state index contributed by atoms with van der Waals surface area (Å²) in [6.45, 7) is 3.55. The van der Waals surface area contributed by atoms with Crippen molar-refractivity contribution in [3.8, 4) is 0 Å². The molecule has 0 radical (unpaired) electrons. The molecule has 1 heterocycles. The van der Waals surface area contributed by atoms with Crippen molar-refractivity contribution >= 4 is 0 Å². The van der Waals surface area contributed by atoms with Gasteiger partial charge in [0.15, 0.2) is 6.73 Å². The van der Waals surface area contributed by atoms with E-state index in [2.05, 4.69) is 6.92 Å². The van der Waals surface area contributed by atoms with Gasteiger partial charge < -0.3 is 14.4 Å². The summed E-state index contributed by atoms with van der Waals surface area (Å²) in [5, 5.41) is 0. The second-order valence-electron chi connectivity index (χ2n) is 2.65. The van der Waals surface area contributed by atoms with Gasteiger partial charge in [0.2, 0.25) is 5.88 Å². The number of nitrogens with zero attached hydrogens (tertiary/aromatic N) is 1. The van der Waals surface area contributed by atoms with Crippen LogP contribution in [0.5, 0.6) is 0 Å². The average molecular weight is 157 g/mol. The van der Waals surface area contributed by atoms with E-state index in [1.807, 2.05) is 11.9 Å². The Morgan fingerprint density at radius 3 is 3.09 bits per heavy atom. The van der Waals surface area contributed by atoms with Crippen molar-refractivity contribution in [2.45, 2.75) is 19.8 Å². The lowest BCUT2D eigenvalue weighted by Gasteiger charge is -2.13. The van der Waals surface area contributed by atoms with Crippen LogP contribution >= 0.6 is 0 Å². The van der Waals surface area contributed by atoms with Gasteiger partial charge in [0.1, 0.15) is 6.26 Å². The number of rotatable bonds is 4. The Morgan fingerprint density at radius 2 is 2.55 bits per heavy atom. The fourth-order valence-electron chi connectivity index (χ4n) is 0.839. The predicted molar refractivity (Wildman–Crippen MR) is 42.7 cm³/mol. The first-order valence-electron chi connectivity index (χ1n) is 4.00. The van der Waals surface area contributed by atoms with Crippen molar-refractivity contribution in [2.75, 3.05) is 20.4 Å². The largest absolute Gasteiger partial charge is 0.477 e. The molecule has 0 saturated heterocycles. The third-order valence-corrected chi connectivity index (χ3v) is 1.58. The highest BCUT2D eigenvalue weighted by Gasteiger charge is 2.11. The summed E-state index contributed by atoms with van der Waals surface area (Å²) < 4.78 is 10.5. The first-order valence-corrected chi connectivity index (χ1v) is 4.00. The van der Waals surface area contributed by atoms with Crippen LogP contribution in [0.1, 0.15) is 19.8 Å². The zero-order valence-electron chi connectivity index (χ0n) is 7.17. The lowest BCUT2D eigenvalue weighted by molar-refractivity contribution is 0.113. The Labute approximate surface area is 67.6 Å². The van der Waals surface area contributed by atoms with Gasteiger partial charge in [-0.1, -0.05) is 13.3 Å².